The van der Waals surface area contributed by atoms with Crippen LogP contribution in [-0.4, -0.2) is 26.2 Å². The van der Waals surface area contributed by atoms with Crippen LogP contribution in [0.3, 0.4) is 0 Å². The zero-order chi connectivity index (χ0) is 16.0. The van der Waals surface area contributed by atoms with Gasteiger partial charge in [-0.25, -0.2) is 9.59 Å². The largest absolute Gasteiger partial charge is 0.465 e. The SMILES string of the molecule is COC(=O)c1cc(I)sc1Cl.COC(=O)c1ccsc1Cl. The molecule has 0 aromatic carbocycles. The molecule has 0 aliphatic carbocycles. The third-order valence-electron chi connectivity index (χ3n) is 2.09. The van der Waals surface area contributed by atoms with Gasteiger partial charge in [0.05, 0.1) is 28.2 Å². The maximum Gasteiger partial charge on any atom is 0.340 e. The third kappa shape index (κ3) is 5.41. The van der Waals surface area contributed by atoms with Crippen LogP contribution in [0.5, 0.6) is 0 Å². The number of thiophene rings is 2. The number of carbonyl (C=O) groups is 2. The first kappa shape index (κ1) is 18.7. The fourth-order valence-corrected chi connectivity index (χ4v) is 4.38. The van der Waals surface area contributed by atoms with Crippen molar-refractivity contribution in [3.05, 3.63) is 40.2 Å². The van der Waals surface area contributed by atoms with E-state index >= 15 is 0 Å². The number of hydrogen-bond donors (Lipinski definition) is 0. The molecular formula is C12H9Cl2IO4S2. The lowest BCUT2D eigenvalue weighted by Gasteiger charge is -1.93. The van der Waals surface area contributed by atoms with E-state index in [2.05, 4.69) is 32.1 Å². The second-order valence-corrected chi connectivity index (χ2v) is 8.40. The molecular weight excluding hydrogens is 470 g/mol. The van der Waals surface area contributed by atoms with Crippen molar-refractivity contribution in [3.8, 4) is 0 Å². The van der Waals surface area contributed by atoms with Gasteiger partial charge < -0.3 is 9.47 Å². The van der Waals surface area contributed by atoms with E-state index in [1.807, 2.05) is 0 Å². The van der Waals surface area contributed by atoms with Gasteiger partial charge in [0.1, 0.15) is 8.67 Å². The van der Waals surface area contributed by atoms with Crippen molar-refractivity contribution >= 4 is 80.4 Å². The number of hydrogen-bond acceptors (Lipinski definition) is 6. The number of halogens is 3. The van der Waals surface area contributed by atoms with E-state index in [-0.39, 0.29) is 11.9 Å². The molecule has 9 heteroatoms. The van der Waals surface area contributed by atoms with Gasteiger partial charge in [0, 0.05) is 0 Å². The Morgan fingerprint density at radius 2 is 1.67 bits per heavy atom. The molecule has 0 atom stereocenters. The van der Waals surface area contributed by atoms with Crippen molar-refractivity contribution in [2.75, 3.05) is 14.2 Å². The first-order valence-corrected chi connectivity index (χ1v) is 8.78. The number of ether oxygens (including phenoxy) is 2. The van der Waals surface area contributed by atoms with Gasteiger partial charge in [-0.1, -0.05) is 23.2 Å². The van der Waals surface area contributed by atoms with Gasteiger partial charge in [0.15, 0.2) is 0 Å². The summed E-state index contributed by atoms with van der Waals surface area (Å²) in [5, 5.41) is 1.74. The molecule has 0 spiro atoms. The molecule has 0 saturated heterocycles. The molecule has 0 amide bonds. The molecule has 0 aliphatic rings. The molecule has 0 saturated carbocycles. The second kappa shape index (κ2) is 8.94. The maximum absolute atomic E-state index is 10.9. The summed E-state index contributed by atoms with van der Waals surface area (Å²) >= 11 is 16.1. The Kier molecular flexibility index (Phi) is 7.96. The molecule has 0 unspecified atom stereocenters. The fraction of sp³-hybridized carbons (Fsp3) is 0.167. The van der Waals surface area contributed by atoms with Gasteiger partial charge in [-0.15, -0.1) is 22.7 Å². The van der Waals surface area contributed by atoms with Crippen LogP contribution < -0.4 is 0 Å². The lowest BCUT2D eigenvalue weighted by molar-refractivity contribution is 0.0592. The highest BCUT2D eigenvalue weighted by atomic mass is 127. The van der Waals surface area contributed by atoms with Gasteiger partial charge in [-0.05, 0) is 40.1 Å². The third-order valence-corrected chi connectivity index (χ3v) is 5.37. The lowest BCUT2D eigenvalue weighted by Crippen LogP contribution is -1.99. The van der Waals surface area contributed by atoms with Crippen molar-refractivity contribution in [2.24, 2.45) is 0 Å². The van der Waals surface area contributed by atoms with Gasteiger partial charge in [-0.2, -0.15) is 0 Å². The van der Waals surface area contributed by atoms with Gasteiger partial charge in [0.25, 0.3) is 0 Å². The van der Waals surface area contributed by atoms with E-state index in [4.69, 9.17) is 23.2 Å². The quantitative estimate of drug-likeness (QED) is 0.451. The number of rotatable bonds is 2. The average molecular weight is 479 g/mol. The Labute approximate surface area is 153 Å². The summed E-state index contributed by atoms with van der Waals surface area (Å²) in [6.45, 7) is 0. The molecule has 114 valence electrons. The van der Waals surface area contributed by atoms with Crippen LogP contribution in [0.4, 0.5) is 0 Å². The Hall–Kier alpha value is -0.350. The highest BCUT2D eigenvalue weighted by Gasteiger charge is 2.13. The molecule has 2 rings (SSSR count). The Morgan fingerprint density at radius 1 is 1.10 bits per heavy atom. The second-order valence-electron chi connectivity index (χ2n) is 3.33. The van der Waals surface area contributed by atoms with Crippen molar-refractivity contribution < 1.29 is 19.1 Å². The molecule has 0 N–H and O–H groups in total. The zero-order valence-electron chi connectivity index (χ0n) is 10.8. The maximum atomic E-state index is 10.9. The molecule has 0 fully saturated rings. The lowest BCUT2D eigenvalue weighted by atomic mass is 10.3. The molecule has 0 bridgehead atoms. The predicted octanol–water partition coefficient (Wildman–Crippen LogP) is 4.98. The van der Waals surface area contributed by atoms with Crippen molar-refractivity contribution in [1.82, 2.24) is 0 Å². The highest BCUT2D eigenvalue weighted by Crippen LogP contribution is 2.28. The Morgan fingerprint density at radius 3 is 2.05 bits per heavy atom. The van der Waals surface area contributed by atoms with Crippen LogP contribution in [0.25, 0.3) is 0 Å². The van der Waals surface area contributed by atoms with Crippen LogP contribution in [-0.2, 0) is 9.47 Å². The van der Waals surface area contributed by atoms with Crippen molar-refractivity contribution in [2.45, 2.75) is 0 Å². The topological polar surface area (TPSA) is 52.6 Å². The Bertz CT molecular complexity index is 639. The number of methoxy groups -OCH3 is 2. The van der Waals surface area contributed by atoms with Crippen molar-refractivity contribution in [3.63, 3.8) is 0 Å². The van der Waals surface area contributed by atoms with E-state index in [0.29, 0.717) is 19.8 Å². The summed E-state index contributed by atoms with van der Waals surface area (Å²) in [5.74, 6) is -0.764. The van der Waals surface area contributed by atoms with Crippen LogP contribution in [0.15, 0.2) is 17.5 Å². The van der Waals surface area contributed by atoms with Crippen molar-refractivity contribution in [1.29, 1.82) is 0 Å². The molecule has 2 aromatic heterocycles. The van der Waals surface area contributed by atoms with Gasteiger partial charge in [0.2, 0.25) is 0 Å². The predicted molar refractivity (Wildman–Crippen MR) is 94.1 cm³/mol. The summed E-state index contributed by atoms with van der Waals surface area (Å²) < 4.78 is 10.9. The van der Waals surface area contributed by atoms with Crippen LogP contribution in [0, 0.1) is 2.88 Å². The molecule has 2 aromatic rings. The summed E-state index contributed by atoms with van der Waals surface area (Å²) in [6.07, 6.45) is 0. The zero-order valence-corrected chi connectivity index (χ0v) is 16.1. The fourth-order valence-electron chi connectivity index (χ4n) is 1.14. The minimum Gasteiger partial charge on any atom is -0.465 e. The van der Waals surface area contributed by atoms with E-state index in [9.17, 15) is 9.59 Å². The van der Waals surface area contributed by atoms with E-state index in [1.54, 1.807) is 17.5 Å². The van der Waals surface area contributed by atoms with E-state index in [0.717, 1.165) is 2.88 Å². The molecule has 0 aliphatic heterocycles. The smallest absolute Gasteiger partial charge is 0.340 e. The monoisotopic (exact) mass is 478 g/mol. The Balaban J connectivity index is 0.000000211. The van der Waals surface area contributed by atoms with E-state index in [1.165, 1.54) is 36.9 Å². The van der Waals surface area contributed by atoms with Crippen LogP contribution in [0.1, 0.15) is 20.7 Å². The van der Waals surface area contributed by atoms with Gasteiger partial charge >= 0.3 is 11.9 Å². The normalized spacial score (nSPS) is 9.57. The minimum absolute atomic E-state index is 0.380. The first-order valence-electron chi connectivity index (χ1n) is 5.25. The summed E-state index contributed by atoms with van der Waals surface area (Å²) in [4.78, 5) is 21.7. The first-order chi connectivity index (χ1) is 9.90. The molecule has 0 radical (unpaired) electrons. The van der Waals surface area contributed by atoms with Gasteiger partial charge in [-0.3, -0.25) is 0 Å². The van der Waals surface area contributed by atoms with Crippen LogP contribution >= 0.6 is 68.5 Å². The highest BCUT2D eigenvalue weighted by molar-refractivity contribution is 14.1. The molecule has 21 heavy (non-hydrogen) atoms. The minimum atomic E-state index is -0.383. The number of esters is 2. The summed E-state index contributed by atoms with van der Waals surface area (Å²) in [6, 6.07) is 3.35. The number of carbonyl (C=O) groups excluding carboxylic acids is 2. The molecule has 4 nitrogen and oxygen atoms in total. The average Bonchev–Trinajstić information content (AvgIpc) is 3.03. The summed E-state index contributed by atoms with van der Waals surface area (Å²) in [7, 11) is 2.67. The summed E-state index contributed by atoms with van der Waals surface area (Å²) in [5.41, 5.74) is 0.887. The molecule has 2 heterocycles. The standard InChI is InChI=1S/C6H4ClIO2S.C6H5ClO2S/c1-10-6(9)3-2-4(8)11-5(3)7;1-9-6(8)4-2-3-10-5(4)7/h2H,1H3;2-3H,1H3. The van der Waals surface area contributed by atoms with E-state index < -0.39 is 0 Å². The van der Waals surface area contributed by atoms with Crippen LogP contribution in [0.2, 0.25) is 8.67 Å².